The fourth-order valence-corrected chi connectivity index (χ4v) is 5.87. The fourth-order valence-electron chi connectivity index (χ4n) is 5.67. The van der Waals surface area contributed by atoms with E-state index in [2.05, 4.69) is 61.2 Å². The molecular formula is C27H34ClNO. The van der Waals surface area contributed by atoms with Gasteiger partial charge >= 0.3 is 0 Å². The van der Waals surface area contributed by atoms with Crippen LogP contribution in [0.15, 0.2) is 42.5 Å². The molecule has 1 fully saturated rings. The van der Waals surface area contributed by atoms with Crippen LogP contribution in [-0.2, 0) is 17.6 Å². The van der Waals surface area contributed by atoms with E-state index in [1.807, 2.05) is 6.92 Å². The van der Waals surface area contributed by atoms with Gasteiger partial charge in [0, 0.05) is 29.3 Å². The highest BCUT2D eigenvalue weighted by Crippen LogP contribution is 2.43. The molecule has 0 bridgehead atoms. The highest BCUT2D eigenvalue weighted by molar-refractivity contribution is 6.30. The first-order valence-corrected chi connectivity index (χ1v) is 11.9. The summed E-state index contributed by atoms with van der Waals surface area (Å²) in [5.74, 6) is 1.45. The maximum atomic E-state index is 12.3. The van der Waals surface area contributed by atoms with Crippen LogP contribution >= 0.6 is 11.6 Å². The average Bonchev–Trinajstić information content (AvgIpc) is 2.90. The summed E-state index contributed by atoms with van der Waals surface area (Å²) in [7, 11) is 0. The Bertz CT molecular complexity index is 911. The Hall–Kier alpha value is -1.64. The van der Waals surface area contributed by atoms with Crippen LogP contribution in [0.4, 0.5) is 0 Å². The van der Waals surface area contributed by atoms with Gasteiger partial charge in [0.15, 0.2) is 0 Å². The van der Waals surface area contributed by atoms with E-state index < -0.39 is 0 Å². The van der Waals surface area contributed by atoms with Crippen molar-refractivity contribution >= 4 is 17.4 Å². The Morgan fingerprint density at radius 3 is 2.43 bits per heavy atom. The van der Waals surface area contributed by atoms with Crippen LogP contribution in [0, 0.1) is 11.3 Å². The number of rotatable bonds is 5. The highest BCUT2D eigenvalue weighted by Gasteiger charge is 2.35. The molecule has 0 spiro atoms. The van der Waals surface area contributed by atoms with Gasteiger partial charge in [0.05, 0.1) is 0 Å². The van der Waals surface area contributed by atoms with Crippen LogP contribution in [0.1, 0.15) is 68.2 Å². The van der Waals surface area contributed by atoms with Crippen LogP contribution in [-0.4, -0.2) is 30.3 Å². The number of Topliss-reactive ketones (excluding diaryl/α,β-unsaturated/α-hetero) is 1. The lowest BCUT2D eigenvalue weighted by Gasteiger charge is -2.40. The molecule has 0 N–H and O–H groups in total. The lowest BCUT2D eigenvalue weighted by molar-refractivity contribution is -0.128. The number of halogens is 1. The molecule has 2 nitrogen and oxygen atoms in total. The first-order valence-electron chi connectivity index (χ1n) is 11.5. The molecule has 0 radical (unpaired) electrons. The summed E-state index contributed by atoms with van der Waals surface area (Å²) in [4.78, 5) is 14.8. The maximum absolute atomic E-state index is 12.3. The van der Waals surface area contributed by atoms with E-state index in [9.17, 15) is 4.79 Å². The van der Waals surface area contributed by atoms with E-state index in [4.69, 9.17) is 11.6 Å². The van der Waals surface area contributed by atoms with Gasteiger partial charge in [0.2, 0.25) is 0 Å². The Morgan fingerprint density at radius 1 is 1.03 bits per heavy atom. The van der Waals surface area contributed by atoms with Gasteiger partial charge in [-0.25, -0.2) is 0 Å². The zero-order valence-corrected chi connectivity index (χ0v) is 19.3. The van der Waals surface area contributed by atoms with Gasteiger partial charge < -0.3 is 4.90 Å². The first kappa shape index (κ1) is 21.6. The van der Waals surface area contributed by atoms with Gasteiger partial charge in [0.25, 0.3) is 0 Å². The quantitative estimate of drug-likeness (QED) is 0.563. The number of nitrogens with zero attached hydrogens (tertiary/aromatic N) is 1. The maximum Gasteiger partial charge on any atom is 0.139 e. The number of carbonyl (C=O) groups is 1. The van der Waals surface area contributed by atoms with Gasteiger partial charge in [0.1, 0.15) is 5.78 Å². The number of carbonyl (C=O) groups excluding carboxylic acids is 1. The molecule has 1 heterocycles. The smallest absolute Gasteiger partial charge is 0.139 e. The third kappa shape index (κ3) is 4.36. The van der Waals surface area contributed by atoms with Gasteiger partial charge in [-0.3, -0.25) is 4.79 Å². The Balaban J connectivity index is 1.57. The molecule has 0 saturated carbocycles. The predicted octanol–water partition coefficient (Wildman–Crippen LogP) is 6.29. The number of piperidine rings is 1. The Labute approximate surface area is 186 Å². The summed E-state index contributed by atoms with van der Waals surface area (Å²) in [6.45, 7) is 9.21. The molecule has 30 heavy (non-hydrogen) atoms. The number of fused-ring (bicyclic) bond motifs is 2. The van der Waals surface area contributed by atoms with Crippen molar-refractivity contribution in [2.45, 2.75) is 58.8 Å². The zero-order valence-electron chi connectivity index (χ0n) is 18.6. The lowest BCUT2D eigenvalue weighted by Crippen LogP contribution is -2.43. The standard InChI is InChI=1S/C27H34ClNO/c1-4-25(30)27(2,3)18-29-15-13-20(14-16-29)26-23-8-6-5-7-19(23)9-10-21-17-22(28)11-12-24(21)26/h5-8,11-12,17,20,26H,4,9-10,13-16,18H2,1-3H3. The van der Waals surface area contributed by atoms with E-state index >= 15 is 0 Å². The number of benzene rings is 2. The molecule has 0 aromatic heterocycles. The minimum absolute atomic E-state index is 0.250. The molecule has 1 atom stereocenters. The van der Waals surface area contributed by atoms with E-state index in [0.717, 1.165) is 37.5 Å². The summed E-state index contributed by atoms with van der Waals surface area (Å²) >= 11 is 6.36. The second-order valence-corrected chi connectivity index (χ2v) is 10.2. The van der Waals surface area contributed by atoms with Crippen LogP contribution in [0.2, 0.25) is 5.02 Å². The molecule has 2 aromatic carbocycles. The number of aryl methyl sites for hydroxylation is 2. The van der Waals surface area contributed by atoms with Crippen molar-refractivity contribution in [1.82, 2.24) is 4.90 Å². The largest absolute Gasteiger partial charge is 0.302 e. The van der Waals surface area contributed by atoms with Crippen molar-refractivity contribution in [3.8, 4) is 0 Å². The molecule has 0 amide bonds. The number of hydrogen-bond acceptors (Lipinski definition) is 2. The minimum Gasteiger partial charge on any atom is -0.302 e. The second kappa shape index (κ2) is 8.85. The summed E-state index contributed by atoms with van der Waals surface area (Å²) < 4.78 is 0. The molecule has 1 aliphatic heterocycles. The average molecular weight is 424 g/mol. The van der Waals surface area contributed by atoms with Crippen molar-refractivity contribution in [1.29, 1.82) is 0 Å². The molecule has 4 rings (SSSR count). The molecule has 3 heteroatoms. The van der Waals surface area contributed by atoms with Gasteiger partial charge in [-0.2, -0.15) is 0 Å². The van der Waals surface area contributed by atoms with Crippen molar-refractivity contribution in [3.63, 3.8) is 0 Å². The van der Waals surface area contributed by atoms with Crippen molar-refractivity contribution in [2.75, 3.05) is 19.6 Å². The van der Waals surface area contributed by atoms with Gasteiger partial charge in [-0.1, -0.05) is 62.7 Å². The fraction of sp³-hybridized carbons (Fsp3) is 0.519. The molecule has 1 saturated heterocycles. The Morgan fingerprint density at radius 2 is 1.70 bits per heavy atom. The second-order valence-electron chi connectivity index (χ2n) is 9.79. The first-order chi connectivity index (χ1) is 14.4. The van der Waals surface area contributed by atoms with E-state index in [0.29, 0.717) is 24.0 Å². The summed E-state index contributed by atoms with van der Waals surface area (Å²) in [5.41, 5.74) is 5.65. The van der Waals surface area contributed by atoms with E-state index in [1.54, 1.807) is 0 Å². The third-order valence-corrected chi connectivity index (χ3v) is 7.53. The normalized spacial score (nSPS) is 20.3. The lowest BCUT2D eigenvalue weighted by atomic mass is 9.74. The monoisotopic (exact) mass is 423 g/mol. The van der Waals surface area contributed by atoms with Crippen molar-refractivity contribution in [2.24, 2.45) is 11.3 Å². The number of likely N-dealkylation sites (tertiary alicyclic amines) is 1. The third-order valence-electron chi connectivity index (χ3n) is 7.29. The molecule has 2 aliphatic rings. The van der Waals surface area contributed by atoms with E-state index in [-0.39, 0.29) is 5.41 Å². The molecule has 1 unspecified atom stereocenters. The van der Waals surface area contributed by atoms with Crippen molar-refractivity contribution in [3.05, 3.63) is 69.7 Å². The number of hydrogen-bond donors (Lipinski definition) is 0. The van der Waals surface area contributed by atoms with Crippen LogP contribution in [0.25, 0.3) is 0 Å². The van der Waals surface area contributed by atoms with Gasteiger partial charge in [-0.05, 0) is 79.1 Å². The van der Waals surface area contributed by atoms with Gasteiger partial charge in [-0.15, -0.1) is 0 Å². The number of ketones is 1. The molecule has 1 aliphatic carbocycles. The summed E-state index contributed by atoms with van der Waals surface area (Å²) in [6, 6.07) is 15.6. The SMILES string of the molecule is CCC(=O)C(C)(C)CN1CCC(C2c3ccccc3CCc3cc(Cl)ccc32)CC1. The van der Waals surface area contributed by atoms with Crippen LogP contribution in [0.5, 0.6) is 0 Å². The minimum atomic E-state index is -0.250. The topological polar surface area (TPSA) is 20.3 Å². The summed E-state index contributed by atoms with van der Waals surface area (Å²) in [5, 5.41) is 0.844. The zero-order chi connectivity index (χ0) is 21.3. The van der Waals surface area contributed by atoms with Crippen molar-refractivity contribution < 1.29 is 4.79 Å². The van der Waals surface area contributed by atoms with Crippen LogP contribution < -0.4 is 0 Å². The molecule has 2 aromatic rings. The Kier molecular flexibility index (Phi) is 6.36. The summed E-state index contributed by atoms with van der Waals surface area (Å²) in [6.07, 6.45) is 5.14. The highest BCUT2D eigenvalue weighted by atomic mass is 35.5. The molecular weight excluding hydrogens is 390 g/mol. The predicted molar refractivity (Wildman–Crippen MR) is 125 cm³/mol. The molecule has 160 valence electrons. The van der Waals surface area contributed by atoms with Crippen LogP contribution in [0.3, 0.4) is 0 Å². The van der Waals surface area contributed by atoms with E-state index in [1.165, 1.54) is 35.1 Å².